The van der Waals surface area contributed by atoms with Crippen molar-refractivity contribution in [2.24, 2.45) is 41.4 Å². The number of benzene rings is 2. The van der Waals surface area contributed by atoms with Crippen molar-refractivity contribution in [2.45, 2.75) is 43.0 Å². The Bertz CT molecular complexity index is 1140. The highest BCUT2D eigenvalue weighted by molar-refractivity contribution is 7.86. The zero-order valence-electron chi connectivity index (χ0n) is 19.2. The fourth-order valence-corrected chi connectivity index (χ4v) is 10.2. The second kappa shape index (κ2) is 9.50. The van der Waals surface area contributed by atoms with Crippen LogP contribution in [0.4, 0.5) is 17.6 Å². The van der Waals surface area contributed by atoms with E-state index in [2.05, 4.69) is 60.7 Å². The summed E-state index contributed by atoms with van der Waals surface area (Å²) in [6.07, 6.45) is 0.992. The number of aliphatic hydroxyl groups excluding tert-OH is 1. The van der Waals surface area contributed by atoms with Crippen LogP contribution in [0.3, 0.4) is 0 Å². The Morgan fingerprint density at radius 3 is 1.81 bits per heavy atom. The van der Waals surface area contributed by atoms with Crippen molar-refractivity contribution in [3.05, 3.63) is 67.8 Å². The number of alkyl halides is 4. The molecule has 196 valence electrons. The fourth-order valence-electron chi connectivity index (χ4n) is 7.45. The van der Waals surface area contributed by atoms with Gasteiger partial charge in [0.05, 0.1) is 6.10 Å². The minimum absolute atomic E-state index is 0.0287. The maximum absolute atomic E-state index is 14.3. The molecule has 10 heteroatoms. The molecule has 1 N–H and O–H groups in total. The quantitative estimate of drug-likeness (QED) is 0.235. The third-order valence-electron chi connectivity index (χ3n) is 8.64. The molecule has 2 aromatic rings. The Kier molecular flexibility index (Phi) is 6.96. The van der Waals surface area contributed by atoms with E-state index >= 15 is 0 Å². The van der Waals surface area contributed by atoms with Crippen LogP contribution in [-0.4, -0.2) is 35.4 Å². The Hall–Kier alpha value is -1.24. The summed E-state index contributed by atoms with van der Waals surface area (Å²) < 4.78 is 90.6. The van der Waals surface area contributed by atoms with Gasteiger partial charge in [-0.05, 0) is 85.5 Å². The molecule has 0 amide bonds. The molecule has 4 aliphatic carbocycles. The lowest BCUT2D eigenvalue weighted by Crippen LogP contribution is -3.61. The van der Waals surface area contributed by atoms with Gasteiger partial charge in [0.2, 0.25) is 0 Å². The number of hydrogen-bond donors (Lipinski definition) is 1. The van der Waals surface area contributed by atoms with Crippen LogP contribution < -0.4 is 21.2 Å². The summed E-state index contributed by atoms with van der Waals surface area (Å²) in [5.41, 5.74) is 0. The summed E-state index contributed by atoms with van der Waals surface area (Å²) in [5, 5.41) is 4.39. The highest BCUT2D eigenvalue weighted by Gasteiger charge is 2.74. The van der Waals surface area contributed by atoms with E-state index in [1.165, 1.54) is 7.14 Å². The zero-order chi connectivity index (χ0) is 25.9. The molecule has 0 heterocycles. The number of fused-ring (bicyclic) bond motifs is 9. The molecule has 0 aliphatic heterocycles. The number of aliphatic hydroxyl groups is 1. The largest absolute Gasteiger partial charge is 0.743 e. The minimum atomic E-state index is -6.44. The van der Waals surface area contributed by atoms with Gasteiger partial charge in [-0.2, -0.15) is 17.6 Å². The first-order chi connectivity index (χ1) is 16.9. The van der Waals surface area contributed by atoms with Gasteiger partial charge in [-0.3, -0.25) is 0 Å². The van der Waals surface area contributed by atoms with Gasteiger partial charge >= 0.3 is 32.4 Å². The summed E-state index contributed by atoms with van der Waals surface area (Å²) in [6, 6.07) is 21.4. The molecule has 2 aromatic carbocycles. The maximum atomic E-state index is 14.3. The normalized spacial score (nSPS) is 34.8. The van der Waals surface area contributed by atoms with Crippen LogP contribution in [0.15, 0.2) is 60.7 Å². The molecule has 4 bridgehead atoms. The van der Waals surface area contributed by atoms with Crippen LogP contribution in [0.25, 0.3) is 0 Å². The van der Waals surface area contributed by atoms with Crippen molar-refractivity contribution in [1.82, 2.24) is 0 Å². The van der Waals surface area contributed by atoms with Gasteiger partial charge in [0.1, 0.15) is 0 Å². The van der Waals surface area contributed by atoms with Crippen molar-refractivity contribution in [1.29, 1.82) is 0 Å². The predicted molar refractivity (Wildman–Crippen MR) is 119 cm³/mol. The van der Waals surface area contributed by atoms with Gasteiger partial charge in [0, 0.05) is 5.92 Å². The van der Waals surface area contributed by atoms with Crippen LogP contribution in [0.2, 0.25) is 0 Å². The Morgan fingerprint density at radius 2 is 1.28 bits per heavy atom. The fraction of sp³-hybridized carbons (Fsp3) is 0.538. The van der Waals surface area contributed by atoms with E-state index in [-0.39, 0.29) is 57.2 Å². The lowest BCUT2D eigenvalue weighted by Gasteiger charge is -2.44. The number of hydrogen-bond acceptors (Lipinski definition) is 4. The maximum Gasteiger partial charge on any atom is 0.396 e. The molecular formula is C26H27F4IO4S. The van der Waals surface area contributed by atoms with Crippen molar-refractivity contribution in [3.63, 3.8) is 0 Å². The third kappa shape index (κ3) is 4.39. The SMILES string of the molecule is O=S(=O)([O-])C(F)(F)C(F)(F)C1CC2CC1C1C3CC(CC3O)C21.c1ccc([I+]c2ccccc2)cc1. The summed E-state index contributed by atoms with van der Waals surface area (Å²) in [6.45, 7) is 0. The second-order valence-corrected chi connectivity index (χ2v) is 14.9. The van der Waals surface area contributed by atoms with Gasteiger partial charge in [-0.25, -0.2) is 8.42 Å². The Labute approximate surface area is 218 Å². The molecule has 8 atom stereocenters. The van der Waals surface area contributed by atoms with Gasteiger partial charge in [0.15, 0.2) is 17.3 Å². The molecule has 4 nitrogen and oxygen atoms in total. The highest BCUT2D eigenvalue weighted by Crippen LogP contribution is 2.71. The van der Waals surface area contributed by atoms with Gasteiger partial charge < -0.3 is 9.66 Å². The van der Waals surface area contributed by atoms with E-state index < -0.39 is 39.2 Å². The third-order valence-corrected chi connectivity index (χ3v) is 12.2. The van der Waals surface area contributed by atoms with Crippen LogP contribution in [0.1, 0.15) is 25.7 Å². The second-order valence-electron chi connectivity index (χ2n) is 10.4. The molecule has 0 aromatic heterocycles. The van der Waals surface area contributed by atoms with Crippen LogP contribution >= 0.6 is 0 Å². The molecule has 4 saturated carbocycles. The van der Waals surface area contributed by atoms with Crippen molar-refractivity contribution < 1.29 is 56.8 Å². The van der Waals surface area contributed by atoms with Crippen molar-refractivity contribution >= 4 is 10.1 Å². The Balaban J connectivity index is 0.000000174. The highest BCUT2D eigenvalue weighted by atomic mass is 127. The van der Waals surface area contributed by atoms with Crippen LogP contribution in [-0.2, 0) is 10.1 Å². The number of rotatable bonds is 5. The first-order valence-corrected chi connectivity index (χ1v) is 15.6. The summed E-state index contributed by atoms with van der Waals surface area (Å²) in [4.78, 5) is 0. The standard InChI is InChI=1S/C14H18F4O4S.C12H10I/c15-13(16,14(17,18)23(20,21)22)9-3-5-1-7(9)12-8-2-6(11(5)12)4-10(8)19;1-3-7-11(8-4-1)13-12-9-5-2-6-10-12/h5-12,19H,1-4H2,(H,20,21,22);1-10H/q;+1/p-1. The zero-order valence-corrected chi connectivity index (χ0v) is 22.2. The summed E-state index contributed by atoms with van der Waals surface area (Å²) in [7, 11) is -6.44. The monoisotopic (exact) mass is 638 g/mol. The van der Waals surface area contributed by atoms with Crippen molar-refractivity contribution in [2.75, 3.05) is 0 Å². The average Bonchev–Trinajstić information content (AvgIpc) is 3.59. The number of halogens is 5. The van der Waals surface area contributed by atoms with Crippen LogP contribution in [0.5, 0.6) is 0 Å². The topological polar surface area (TPSA) is 77.4 Å². The van der Waals surface area contributed by atoms with Gasteiger partial charge in [-0.1, -0.05) is 36.4 Å². The van der Waals surface area contributed by atoms with E-state index in [9.17, 15) is 35.6 Å². The smallest absolute Gasteiger partial charge is 0.396 e. The van der Waals surface area contributed by atoms with E-state index in [4.69, 9.17) is 0 Å². The summed E-state index contributed by atoms with van der Waals surface area (Å²) >= 11 is 0.0287. The molecule has 8 unspecified atom stereocenters. The first-order valence-electron chi connectivity index (χ1n) is 12.1. The average molecular weight is 638 g/mol. The molecule has 4 fully saturated rings. The minimum Gasteiger partial charge on any atom is -0.743 e. The molecule has 0 radical (unpaired) electrons. The first kappa shape index (κ1) is 26.4. The van der Waals surface area contributed by atoms with E-state index in [1.54, 1.807) is 0 Å². The Morgan fingerprint density at radius 1 is 0.778 bits per heavy atom. The van der Waals surface area contributed by atoms with Gasteiger partial charge in [0.25, 0.3) is 0 Å². The molecule has 6 rings (SSSR count). The molecule has 0 saturated heterocycles. The molecule has 4 aliphatic rings. The lowest BCUT2D eigenvalue weighted by molar-refractivity contribution is -0.597. The van der Waals surface area contributed by atoms with E-state index in [0.717, 1.165) is 6.42 Å². The van der Waals surface area contributed by atoms with Gasteiger partial charge in [-0.15, -0.1) is 0 Å². The predicted octanol–water partition coefficient (Wildman–Crippen LogP) is 1.86. The molecule has 36 heavy (non-hydrogen) atoms. The van der Waals surface area contributed by atoms with E-state index in [0.29, 0.717) is 12.8 Å². The van der Waals surface area contributed by atoms with E-state index in [1.807, 2.05) is 0 Å². The van der Waals surface area contributed by atoms with Crippen LogP contribution in [0, 0.1) is 48.6 Å². The molecule has 0 spiro atoms. The summed E-state index contributed by atoms with van der Waals surface area (Å²) in [5.74, 6) is -7.51. The van der Waals surface area contributed by atoms with Crippen molar-refractivity contribution in [3.8, 4) is 0 Å². The molecular weight excluding hydrogens is 611 g/mol. The lowest BCUT2D eigenvalue weighted by atomic mass is 9.65.